The van der Waals surface area contributed by atoms with Crippen molar-refractivity contribution in [1.29, 1.82) is 0 Å². The van der Waals surface area contributed by atoms with Crippen LogP contribution in [0, 0.1) is 20.8 Å². The maximum Gasteiger partial charge on any atom is 0.248 e. The van der Waals surface area contributed by atoms with Crippen LogP contribution in [0.3, 0.4) is 0 Å². The summed E-state index contributed by atoms with van der Waals surface area (Å²) in [5, 5.41) is 3.72. The van der Waals surface area contributed by atoms with E-state index in [1.807, 2.05) is 31.2 Å². The van der Waals surface area contributed by atoms with Crippen LogP contribution >= 0.6 is 0 Å². The molecule has 9 heteroatoms. The van der Waals surface area contributed by atoms with Gasteiger partial charge in [-0.2, -0.15) is 4.31 Å². The summed E-state index contributed by atoms with van der Waals surface area (Å²) >= 11 is 0. The summed E-state index contributed by atoms with van der Waals surface area (Å²) in [6, 6.07) is 7.65. The van der Waals surface area contributed by atoms with Crippen LogP contribution in [0.25, 0.3) is 0 Å². The lowest BCUT2D eigenvalue weighted by molar-refractivity contribution is -0.132. The highest BCUT2D eigenvalue weighted by Crippen LogP contribution is 2.24. The number of nitrogens with zero attached hydrogens (tertiary/aromatic N) is 3. The molecular weight excluding hydrogens is 382 g/mol. The van der Waals surface area contributed by atoms with Crippen LogP contribution in [-0.2, 0) is 14.8 Å². The summed E-state index contributed by atoms with van der Waals surface area (Å²) in [6.07, 6.45) is 0.254. The predicted molar refractivity (Wildman–Crippen MR) is 103 cm³/mol. The number of sulfonamides is 1. The number of benzene rings is 1. The zero-order valence-electron chi connectivity index (χ0n) is 16.3. The molecule has 152 valence electrons. The summed E-state index contributed by atoms with van der Waals surface area (Å²) in [5.74, 6) is 0.972. The number of ether oxygens (including phenoxy) is 1. The minimum absolute atomic E-state index is 0.0403. The molecule has 1 aliphatic heterocycles. The summed E-state index contributed by atoms with van der Waals surface area (Å²) in [7, 11) is -3.67. The molecule has 0 bridgehead atoms. The third-order valence-corrected chi connectivity index (χ3v) is 6.91. The van der Waals surface area contributed by atoms with E-state index in [1.165, 1.54) is 4.31 Å². The van der Waals surface area contributed by atoms with E-state index in [4.69, 9.17) is 9.26 Å². The fourth-order valence-electron chi connectivity index (χ4n) is 3.20. The molecule has 1 aliphatic rings. The number of piperazine rings is 1. The molecule has 0 aliphatic carbocycles. The Hall–Kier alpha value is -2.39. The molecule has 2 aromatic rings. The van der Waals surface area contributed by atoms with Crippen LogP contribution in [0.5, 0.6) is 5.75 Å². The van der Waals surface area contributed by atoms with Crippen molar-refractivity contribution in [2.45, 2.75) is 32.1 Å². The molecule has 0 N–H and O–H groups in total. The SMILES string of the molecule is Cc1ccc(OCCC(=O)N2CCN(S(=O)(=O)c3c(C)noc3C)CC2)cc1. The number of carbonyl (C=O) groups is 1. The fourth-order valence-corrected chi connectivity index (χ4v) is 4.91. The first kappa shape index (κ1) is 20.3. The van der Waals surface area contributed by atoms with Crippen molar-refractivity contribution in [2.24, 2.45) is 0 Å². The van der Waals surface area contributed by atoms with E-state index < -0.39 is 10.0 Å². The molecule has 0 radical (unpaired) electrons. The molecule has 0 unspecified atom stereocenters. The number of rotatable bonds is 6. The number of aryl methyl sites for hydroxylation is 3. The molecule has 3 rings (SSSR count). The molecule has 1 aromatic heterocycles. The van der Waals surface area contributed by atoms with Crippen molar-refractivity contribution < 1.29 is 22.5 Å². The van der Waals surface area contributed by atoms with E-state index >= 15 is 0 Å². The predicted octanol–water partition coefficient (Wildman–Crippen LogP) is 1.90. The van der Waals surface area contributed by atoms with Gasteiger partial charge in [-0.05, 0) is 32.9 Å². The van der Waals surface area contributed by atoms with Crippen LogP contribution in [0.1, 0.15) is 23.4 Å². The fraction of sp³-hybridized carbons (Fsp3) is 0.474. The van der Waals surface area contributed by atoms with Crippen molar-refractivity contribution in [3.63, 3.8) is 0 Å². The number of aromatic nitrogens is 1. The lowest BCUT2D eigenvalue weighted by Crippen LogP contribution is -2.50. The molecule has 2 heterocycles. The van der Waals surface area contributed by atoms with Crippen molar-refractivity contribution in [2.75, 3.05) is 32.8 Å². The summed E-state index contributed by atoms with van der Waals surface area (Å²) < 4.78 is 37.6. The van der Waals surface area contributed by atoms with Crippen LogP contribution in [-0.4, -0.2) is 61.5 Å². The Morgan fingerprint density at radius 3 is 2.32 bits per heavy atom. The van der Waals surface area contributed by atoms with E-state index in [2.05, 4.69) is 5.16 Å². The average Bonchev–Trinajstić information content (AvgIpc) is 3.02. The lowest BCUT2D eigenvalue weighted by Gasteiger charge is -2.34. The van der Waals surface area contributed by atoms with E-state index in [0.717, 1.165) is 11.3 Å². The Bertz CT molecular complexity index is 909. The van der Waals surface area contributed by atoms with Gasteiger partial charge in [0.2, 0.25) is 15.9 Å². The highest BCUT2D eigenvalue weighted by Gasteiger charge is 2.34. The van der Waals surface area contributed by atoms with Gasteiger partial charge < -0.3 is 14.2 Å². The minimum Gasteiger partial charge on any atom is -0.493 e. The summed E-state index contributed by atoms with van der Waals surface area (Å²) in [5.41, 5.74) is 1.50. The molecule has 1 fully saturated rings. The Morgan fingerprint density at radius 1 is 1.11 bits per heavy atom. The van der Waals surface area contributed by atoms with Crippen LogP contribution in [0.4, 0.5) is 0 Å². The van der Waals surface area contributed by atoms with E-state index in [1.54, 1.807) is 18.7 Å². The largest absolute Gasteiger partial charge is 0.493 e. The second kappa shape index (κ2) is 8.32. The summed E-state index contributed by atoms with van der Waals surface area (Å²) in [4.78, 5) is 14.2. The second-order valence-corrected chi connectivity index (χ2v) is 8.72. The Morgan fingerprint density at radius 2 is 1.75 bits per heavy atom. The first-order chi connectivity index (χ1) is 13.3. The maximum atomic E-state index is 12.8. The Labute approximate surface area is 165 Å². The molecular formula is C19H25N3O5S. The third kappa shape index (κ3) is 4.36. The monoisotopic (exact) mass is 407 g/mol. The van der Waals surface area contributed by atoms with Crippen LogP contribution in [0.15, 0.2) is 33.7 Å². The maximum absolute atomic E-state index is 12.8. The van der Waals surface area contributed by atoms with Gasteiger partial charge >= 0.3 is 0 Å². The highest BCUT2D eigenvalue weighted by atomic mass is 32.2. The van der Waals surface area contributed by atoms with Crippen LogP contribution < -0.4 is 4.74 Å². The van der Waals surface area contributed by atoms with Gasteiger partial charge in [0.1, 0.15) is 16.3 Å². The molecule has 0 atom stereocenters. The molecule has 8 nitrogen and oxygen atoms in total. The average molecular weight is 407 g/mol. The van der Waals surface area contributed by atoms with Gasteiger partial charge in [-0.15, -0.1) is 0 Å². The smallest absolute Gasteiger partial charge is 0.248 e. The van der Waals surface area contributed by atoms with Gasteiger partial charge in [0.15, 0.2) is 5.76 Å². The topological polar surface area (TPSA) is 93.0 Å². The van der Waals surface area contributed by atoms with Crippen molar-refractivity contribution in [1.82, 2.24) is 14.4 Å². The van der Waals surface area contributed by atoms with Gasteiger partial charge in [-0.3, -0.25) is 4.79 Å². The molecule has 0 saturated carbocycles. The van der Waals surface area contributed by atoms with Gasteiger partial charge in [0, 0.05) is 26.2 Å². The number of hydrogen-bond acceptors (Lipinski definition) is 6. The van der Waals surface area contributed by atoms with Crippen molar-refractivity contribution >= 4 is 15.9 Å². The highest BCUT2D eigenvalue weighted by molar-refractivity contribution is 7.89. The first-order valence-electron chi connectivity index (χ1n) is 9.19. The minimum atomic E-state index is -3.67. The zero-order chi connectivity index (χ0) is 20.3. The van der Waals surface area contributed by atoms with Crippen LogP contribution in [0.2, 0.25) is 0 Å². The number of carbonyl (C=O) groups excluding carboxylic acids is 1. The van der Waals surface area contributed by atoms with Gasteiger partial charge in [0.25, 0.3) is 0 Å². The van der Waals surface area contributed by atoms with E-state index in [9.17, 15) is 13.2 Å². The van der Waals surface area contributed by atoms with E-state index in [-0.39, 0.29) is 36.1 Å². The second-order valence-electron chi connectivity index (χ2n) is 6.85. The lowest BCUT2D eigenvalue weighted by atomic mass is 10.2. The Kier molecular flexibility index (Phi) is 6.04. The number of amides is 1. The first-order valence-corrected chi connectivity index (χ1v) is 10.6. The van der Waals surface area contributed by atoms with Gasteiger partial charge in [-0.25, -0.2) is 8.42 Å². The third-order valence-electron chi connectivity index (χ3n) is 4.76. The standard InChI is InChI=1S/C19H25N3O5S/c1-14-4-6-17(7-5-14)26-13-8-18(23)21-9-11-22(12-10-21)28(24,25)19-15(2)20-27-16(19)3/h4-7H,8-13H2,1-3H3. The van der Waals surface area contributed by atoms with Gasteiger partial charge in [0.05, 0.1) is 13.0 Å². The van der Waals surface area contributed by atoms with Crippen molar-refractivity contribution in [3.8, 4) is 5.75 Å². The van der Waals surface area contributed by atoms with Gasteiger partial charge in [-0.1, -0.05) is 22.9 Å². The quantitative estimate of drug-likeness (QED) is 0.726. The summed E-state index contributed by atoms with van der Waals surface area (Å²) in [6.45, 7) is 6.68. The molecule has 0 spiro atoms. The Balaban J connectivity index is 1.50. The normalized spacial score (nSPS) is 15.6. The van der Waals surface area contributed by atoms with E-state index in [0.29, 0.717) is 25.4 Å². The molecule has 1 saturated heterocycles. The van der Waals surface area contributed by atoms with Crippen molar-refractivity contribution in [3.05, 3.63) is 41.3 Å². The molecule has 28 heavy (non-hydrogen) atoms. The zero-order valence-corrected chi connectivity index (χ0v) is 17.2. The number of hydrogen-bond donors (Lipinski definition) is 0. The molecule has 1 aromatic carbocycles. The molecule has 1 amide bonds.